The predicted octanol–water partition coefficient (Wildman–Crippen LogP) is 13.2. The van der Waals surface area contributed by atoms with Crippen LogP contribution in [0.1, 0.15) is 20.9 Å². The third-order valence-corrected chi connectivity index (χ3v) is 14.1. The minimum Gasteiger partial charge on any atom is -0.194 e. The van der Waals surface area contributed by atoms with Crippen LogP contribution in [-0.4, -0.2) is 17.8 Å². The zero-order valence-electron chi connectivity index (χ0n) is 22.1. The van der Waals surface area contributed by atoms with Gasteiger partial charge in [-0.2, -0.15) is 26.3 Å². The lowest BCUT2D eigenvalue weighted by Gasteiger charge is -2.25. The molecule has 6 aromatic heterocycles. The molecule has 0 saturated carbocycles. The monoisotopic (exact) mass is 696 g/mol. The third kappa shape index (κ3) is 4.47. The topological polar surface area (TPSA) is 0 Å². The van der Waals surface area contributed by atoms with Crippen molar-refractivity contribution in [1.29, 1.82) is 0 Å². The highest BCUT2D eigenvalue weighted by Gasteiger charge is 2.80. The summed E-state index contributed by atoms with van der Waals surface area (Å²) in [5, 5.41) is 3.88. The first-order chi connectivity index (χ1) is 20.4. The minimum atomic E-state index is -5.60. The summed E-state index contributed by atoms with van der Waals surface area (Å²) in [5.41, 5.74) is -3.14. The fourth-order valence-corrected chi connectivity index (χ4v) is 11.1. The summed E-state index contributed by atoms with van der Waals surface area (Å²) in [6, 6.07) is 18.0. The number of halogens is 6. The van der Waals surface area contributed by atoms with Gasteiger partial charge >= 0.3 is 17.8 Å². The molecule has 0 unspecified atom stereocenters. The first-order valence-corrected chi connectivity index (χ1v) is 17.8. The average molecular weight is 697 g/mol. The van der Waals surface area contributed by atoms with Gasteiger partial charge in [0.25, 0.3) is 0 Å². The SMILES string of the molecule is Cc1sc(-c2ccc(-c3cccs3)s2)cc1C1=C(c2cc(-c3ccc(-c4cccs4)s3)sc2C)C(F)(F)C(F)(F)C1(F)F. The quantitative estimate of drug-likeness (QED) is 0.152. The van der Waals surface area contributed by atoms with Crippen LogP contribution in [-0.2, 0) is 0 Å². The minimum absolute atomic E-state index is 0.272. The van der Waals surface area contributed by atoms with E-state index in [1.807, 2.05) is 59.3 Å². The molecular formula is C31H18F6S6. The molecule has 220 valence electrons. The van der Waals surface area contributed by atoms with Gasteiger partial charge in [-0.1, -0.05) is 12.1 Å². The van der Waals surface area contributed by atoms with E-state index >= 15 is 26.3 Å². The van der Waals surface area contributed by atoms with Crippen LogP contribution in [0, 0.1) is 13.8 Å². The van der Waals surface area contributed by atoms with E-state index in [0.29, 0.717) is 9.75 Å². The molecule has 0 spiro atoms. The van der Waals surface area contributed by atoms with Crippen LogP contribution >= 0.6 is 68.0 Å². The Morgan fingerprint density at radius 1 is 0.465 bits per heavy atom. The van der Waals surface area contributed by atoms with Crippen LogP contribution in [0.4, 0.5) is 26.3 Å². The molecule has 7 rings (SSSR count). The molecule has 6 heterocycles. The summed E-state index contributed by atoms with van der Waals surface area (Å²) in [4.78, 5) is 7.17. The molecule has 0 amide bonds. The number of allylic oxidation sites excluding steroid dienone is 2. The number of thiophene rings is 6. The second-order valence-corrected chi connectivity index (χ2v) is 16.5. The van der Waals surface area contributed by atoms with E-state index < -0.39 is 28.9 Å². The lowest BCUT2D eigenvalue weighted by Crippen LogP contribution is -2.48. The molecule has 0 N–H and O–H groups in total. The van der Waals surface area contributed by atoms with Gasteiger partial charge in [-0.15, -0.1) is 68.0 Å². The molecule has 1 aliphatic carbocycles. The van der Waals surface area contributed by atoms with Gasteiger partial charge in [-0.25, -0.2) is 0 Å². The number of hydrogen-bond donors (Lipinski definition) is 0. The Kier molecular flexibility index (Phi) is 6.99. The largest absolute Gasteiger partial charge is 0.380 e. The Morgan fingerprint density at radius 3 is 1.19 bits per heavy atom. The molecule has 1 aliphatic rings. The maximum Gasteiger partial charge on any atom is 0.380 e. The Bertz CT molecular complexity index is 1840. The summed E-state index contributed by atoms with van der Waals surface area (Å²) in [6.07, 6.45) is 0. The lowest BCUT2D eigenvalue weighted by atomic mass is 9.95. The summed E-state index contributed by atoms with van der Waals surface area (Å²) in [5.74, 6) is -15.8. The van der Waals surface area contributed by atoms with Crippen LogP contribution in [0.15, 0.2) is 71.4 Å². The number of aryl methyl sites for hydroxylation is 2. The molecule has 43 heavy (non-hydrogen) atoms. The van der Waals surface area contributed by atoms with Crippen molar-refractivity contribution in [2.45, 2.75) is 31.6 Å². The van der Waals surface area contributed by atoms with E-state index in [1.165, 1.54) is 48.7 Å². The highest BCUT2D eigenvalue weighted by atomic mass is 32.1. The van der Waals surface area contributed by atoms with Crippen molar-refractivity contribution in [3.8, 4) is 39.0 Å². The van der Waals surface area contributed by atoms with Crippen molar-refractivity contribution in [2.75, 3.05) is 0 Å². The van der Waals surface area contributed by atoms with Crippen LogP contribution in [0.25, 0.3) is 50.2 Å². The van der Waals surface area contributed by atoms with E-state index in [-0.39, 0.29) is 20.9 Å². The highest BCUT2D eigenvalue weighted by molar-refractivity contribution is 7.27. The smallest absolute Gasteiger partial charge is 0.194 e. The van der Waals surface area contributed by atoms with Crippen molar-refractivity contribution >= 4 is 79.2 Å². The first-order valence-electron chi connectivity index (χ1n) is 12.8. The summed E-state index contributed by atoms with van der Waals surface area (Å²) >= 11 is 8.24. The van der Waals surface area contributed by atoms with Gasteiger partial charge in [-0.05, 0) is 84.3 Å². The molecule has 0 aliphatic heterocycles. The standard InChI is InChI=1S/C31H18F6S6/c1-15-17(13-25(40-15)23-9-7-21(42-23)19-5-3-11-38-19)27-28(30(34,35)31(36,37)29(27,32)33)18-14-26(41-16(18)2)24-10-8-22(43-24)20-6-4-12-39-20/h3-14H,1-2H3. The lowest BCUT2D eigenvalue weighted by molar-refractivity contribution is -0.254. The molecule has 0 atom stereocenters. The van der Waals surface area contributed by atoms with Gasteiger partial charge in [0.1, 0.15) is 0 Å². The fourth-order valence-electron chi connectivity index (χ4n) is 5.18. The average Bonchev–Trinajstić information content (AvgIpc) is 3.79. The Labute approximate surface area is 266 Å². The molecule has 0 aromatic carbocycles. The molecule has 0 saturated heterocycles. The first kappa shape index (κ1) is 29.2. The van der Waals surface area contributed by atoms with Gasteiger partial charge < -0.3 is 0 Å². The zero-order chi connectivity index (χ0) is 30.3. The molecule has 6 aromatic rings. The van der Waals surface area contributed by atoms with Crippen LogP contribution < -0.4 is 0 Å². The summed E-state index contributed by atoms with van der Waals surface area (Å²) < 4.78 is 92.7. The van der Waals surface area contributed by atoms with Crippen molar-refractivity contribution in [3.63, 3.8) is 0 Å². The second kappa shape index (κ2) is 10.3. The normalized spacial score (nSPS) is 17.3. The predicted molar refractivity (Wildman–Crippen MR) is 173 cm³/mol. The maximum atomic E-state index is 15.6. The number of rotatable bonds is 6. The van der Waals surface area contributed by atoms with Gasteiger partial charge in [0, 0.05) is 59.9 Å². The van der Waals surface area contributed by atoms with E-state index in [9.17, 15) is 0 Å². The molecule has 0 nitrogen and oxygen atoms in total. The van der Waals surface area contributed by atoms with Crippen molar-refractivity contribution in [2.24, 2.45) is 0 Å². The van der Waals surface area contributed by atoms with Crippen molar-refractivity contribution < 1.29 is 26.3 Å². The van der Waals surface area contributed by atoms with Gasteiger partial charge in [-0.3, -0.25) is 0 Å². The van der Waals surface area contributed by atoms with Crippen LogP contribution in [0.2, 0.25) is 0 Å². The van der Waals surface area contributed by atoms with Gasteiger partial charge in [0.2, 0.25) is 0 Å². The Morgan fingerprint density at radius 2 is 0.837 bits per heavy atom. The molecule has 12 heteroatoms. The number of alkyl halides is 6. The van der Waals surface area contributed by atoms with E-state index in [2.05, 4.69) is 0 Å². The van der Waals surface area contributed by atoms with E-state index in [4.69, 9.17) is 0 Å². The van der Waals surface area contributed by atoms with Crippen LogP contribution in [0.5, 0.6) is 0 Å². The fraction of sp³-hybridized carbons (Fsp3) is 0.161. The summed E-state index contributed by atoms with van der Waals surface area (Å²) in [7, 11) is 0. The Balaban J connectivity index is 1.37. The van der Waals surface area contributed by atoms with Crippen molar-refractivity contribution in [1.82, 2.24) is 0 Å². The van der Waals surface area contributed by atoms with E-state index in [1.54, 1.807) is 22.7 Å². The van der Waals surface area contributed by atoms with Gasteiger partial charge in [0.05, 0.1) is 0 Å². The molecule has 0 fully saturated rings. The van der Waals surface area contributed by atoms with Crippen molar-refractivity contribution in [3.05, 3.63) is 92.3 Å². The Hall–Kier alpha value is -2.48. The third-order valence-electron chi connectivity index (χ3n) is 7.27. The molecular weight excluding hydrogens is 679 g/mol. The number of hydrogen-bond acceptors (Lipinski definition) is 6. The second-order valence-electron chi connectivity index (χ2n) is 9.92. The van der Waals surface area contributed by atoms with Crippen LogP contribution in [0.3, 0.4) is 0 Å². The highest BCUT2D eigenvalue weighted by Crippen LogP contribution is 2.66. The van der Waals surface area contributed by atoms with Gasteiger partial charge in [0.15, 0.2) is 0 Å². The maximum absolute atomic E-state index is 15.6. The summed E-state index contributed by atoms with van der Waals surface area (Å²) in [6.45, 7) is 3.02. The molecule has 0 radical (unpaired) electrons. The molecule has 0 bridgehead atoms. The zero-order valence-corrected chi connectivity index (χ0v) is 27.0. The van der Waals surface area contributed by atoms with E-state index in [0.717, 1.165) is 51.9 Å².